The van der Waals surface area contributed by atoms with E-state index in [1.165, 1.54) is 36.4 Å². The molecule has 2 rings (SSSR count). The molecule has 21 heavy (non-hydrogen) atoms. The van der Waals surface area contributed by atoms with E-state index in [1.54, 1.807) is 12.1 Å². The first-order chi connectivity index (χ1) is 9.84. The summed E-state index contributed by atoms with van der Waals surface area (Å²) in [6, 6.07) is 10.9. The summed E-state index contributed by atoms with van der Waals surface area (Å²) in [4.78, 5) is 11.7. The monoisotopic (exact) mass is 307 g/mol. The molecule has 0 fully saturated rings. The molecule has 0 unspecified atom stereocenters. The van der Waals surface area contributed by atoms with E-state index < -0.39 is 16.1 Å². The lowest BCUT2D eigenvalue weighted by Gasteiger charge is -2.08. The Hall–Kier alpha value is -2.58. The van der Waals surface area contributed by atoms with Gasteiger partial charge in [0.1, 0.15) is 5.75 Å². The molecule has 0 atom stereocenters. The fourth-order valence-electron chi connectivity index (χ4n) is 1.57. The van der Waals surface area contributed by atoms with Gasteiger partial charge in [-0.05, 0) is 48.5 Å². The Kier molecular flexibility index (Phi) is 4.10. The van der Waals surface area contributed by atoms with Gasteiger partial charge in [-0.25, -0.2) is 18.4 Å². The first-order valence-electron chi connectivity index (χ1n) is 5.84. The van der Waals surface area contributed by atoms with Gasteiger partial charge in [-0.2, -0.15) is 0 Å². The molecule has 0 aliphatic heterocycles. The number of carbonyl (C=O) groups is 1. The molecule has 7 nitrogen and oxygen atoms in total. The van der Waals surface area contributed by atoms with Crippen molar-refractivity contribution in [3.63, 3.8) is 0 Å². The number of aromatic hydroxyl groups is 1. The number of nitrogens with one attached hydrogen (secondary N) is 2. The Labute approximate surface area is 121 Å². The number of rotatable bonds is 3. The second kappa shape index (κ2) is 5.81. The average Bonchev–Trinajstić information content (AvgIpc) is 2.41. The van der Waals surface area contributed by atoms with Crippen LogP contribution in [0.5, 0.6) is 5.75 Å². The van der Waals surface area contributed by atoms with Crippen molar-refractivity contribution in [3.8, 4) is 5.75 Å². The second-order valence-corrected chi connectivity index (χ2v) is 5.76. The van der Waals surface area contributed by atoms with E-state index in [4.69, 9.17) is 10.2 Å². The van der Waals surface area contributed by atoms with Gasteiger partial charge in [0.2, 0.25) is 10.0 Å². The van der Waals surface area contributed by atoms with Gasteiger partial charge in [-0.15, -0.1) is 0 Å². The highest BCUT2D eigenvalue weighted by Crippen LogP contribution is 2.15. The van der Waals surface area contributed by atoms with Crippen LogP contribution in [0.15, 0.2) is 53.4 Å². The summed E-state index contributed by atoms with van der Waals surface area (Å²) in [5, 5.41) is 19.2. The predicted molar refractivity (Wildman–Crippen MR) is 78.6 cm³/mol. The van der Waals surface area contributed by atoms with Gasteiger partial charge in [0.25, 0.3) is 0 Å². The van der Waals surface area contributed by atoms with Crippen molar-refractivity contribution >= 4 is 27.4 Å². The standard InChI is InChI=1S/C13H13N3O4S/c14-21(19,20)12-7-3-10(4-8-12)16-13(18)15-9-1-5-11(17)6-2-9/h1-8,17H,(H2,14,19,20)(H2,15,16,18). The van der Waals surface area contributed by atoms with Crippen molar-refractivity contribution in [2.75, 3.05) is 10.6 Å². The molecule has 5 N–H and O–H groups in total. The molecule has 8 heteroatoms. The summed E-state index contributed by atoms with van der Waals surface area (Å²) in [5.41, 5.74) is 0.921. The summed E-state index contributed by atoms with van der Waals surface area (Å²) >= 11 is 0. The Morgan fingerprint density at radius 3 is 1.76 bits per heavy atom. The Bertz CT molecular complexity index is 740. The van der Waals surface area contributed by atoms with Crippen molar-refractivity contribution in [3.05, 3.63) is 48.5 Å². The van der Waals surface area contributed by atoms with E-state index >= 15 is 0 Å². The Balaban J connectivity index is 2.01. The van der Waals surface area contributed by atoms with Gasteiger partial charge >= 0.3 is 6.03 Å². The predicted octanol–water partition coefficient (Wildman–Crippen LogP) is 1.68. The summed E-state index contributed by atoms with van der Waals surface area (Å²) < 4.78 is 22.2. The molecule has 110 valence electrons. The zero-order chi connectivity index (χ0) is 15.5. The third kappa shape index (κ3) is 4.20. The van der Waals surface area contributed by atoms with E-state index in [9.17, 15) is 13.2 Å². The average molecular weight is 307 g/mol. The van der Waals surface area contributed by atoms with E-state index in [0.717, 1.165) is 0 Å². The van der Waals surface area contributed by atoms with Crippen LogP contribution in [0.4, 0.5) is 16.2 Å². The lowest BCUT2D eigenvalue weighted by molar-refractivity contribution is 0.262. The molecule has 2 amide bonds. The number of phenols is 1. The molecule has 0 spiro atoms. The van der Waals surface area contributed by atoms with Crippen LogP contribution in [0, 0.1) is 0 Å². The molecule has 0 saturated heterocycles. The van der Waals surface area contributed by atoms with Crippen LogP contribution in [-0.4, -0.2) is 19.6 Å². The van der Waals surface area contributed by atoms with Gasteiger partial charge in [-0.1, -0.05) is 0 Å². The van der Waals surface area contributed by atoms with E-state index in [1.807, 2.05) is 0 Å². The number of benzene rings is 2. The highest BCUT2D eigenvalue weighted by atomic mass is 32.2. The molecular formula is C13H13N3O4S. The lowest BCUT2D eigenvalue weighted by Crippen LogP contribution is -2.19. The van der Waals surface area contributed by atoms with Gasteiger partial charge in [0.15, 0.2) is 0 Å². The molecule has 2 aromatic carbocycles. The topological polar surface area (TPSA) is 122 Å². The highest BCUT2D eigenvalue weighted by Gasteiger charge is 2.08. The van der Waals surface area contributed by atoms with Crippen LogP contribution < -0.4 is 15.8 Å². The second-order valence-electron chi connectivity index (χ2n) is 4.20. The van der Waals surface area contributed by atoms with Crippen LogP contribution in [0.1, 0.15) is 0 Å². The third-order valence-corrected chi connectivity index (χ3v) is 3.50. The maximum Gasteiger partial charge on any atom is 0.323 e. The van der Waals surface area contributed by atoms with Crippen LogP contribution in [0.25, 0.3) is 0 Å². The molecule has 0 aliphatic carbocycles. The third-order valence-electron chi connectivity index (χ3n) is 2.57. The first kappa shape index (κ1) is 14.8. The van der Waals surface area contributed by atoms with Gasteiger partial charge in [0, 0.05) is 11.4 Å². The highest BCUT2D eigenvalue weighted by molar-refractivity contribution is 7.89. The van der Waals surface area contributed by atoms with E-state index in [-0.39, 0.29) is 10.6 Å². The van der Waals surface area contributed by atoms with Crippen molar-refractivity contribution in [2.45, 2.75) is 4.90 Å². The number of amides is 2. The van der Waals surface area contributed by atoms with E-state index in [0.29, 0.717) is 11.4 Å². The van der Waals surface area contributed by atoms with Crippen molar-refractivity contribution in [2.24, 2.45) is 5.14 Å². The molecule has 2 aromatic rings. The Morgan fingerprint density at radius 1 is 0.905 bits per heavy atom. The zero-order valence-corrected chi connectivity index (χ0v) is 11.6. The molecular weight excluding hydrogens is 294 g/mol. The van der Waals surface area contributed by atoms with Gasteiger partial charge < -0.3 is 15.7 Å². The van der Waals surface area contributed by atoms with Gasteiger partial charge in [-0.3, -0.25) is 0 Å². The minimum atomic E-state index is -3.75. The summed E-state index contributed by atoms with van der Waals surface area (Å²) in [6.07, 6.45) is 0. The SMILES string of the molecule is NS(=O)(=O)c1ccc(NC(=O)Nc2ccc(O)cc2)cc1. The number of sulfonamides is 1. The summed E-state index contributed by atoms with van der Waals surface area (Å²) in [5.74, 6) is 0.0968. The van der Waals surface area contributed by atoms with Crippen molar-refractivity contribution in [1.82, 2.24) is 0 Å². The lowest BCUT2D eigenvalue weighted by atomic mass is 10.3. The molecule has 0 bridgehead atoms. The number of hydrogen-bond acceptors (Lipinski definition) is 4. The van der Waals surface area contributed by atoms with Crippen LogP contribution in [0.3, 0.4) is 0 Å². The van der Waals surface area contributed by atoms with Gasteiger partial charge in [0.05, 0.1) is 4.90 Å². The fraction of sp³-hybridized carbons (Fsp3) is 0. The van der Waals surface area contributed by atoms with E-state index in [2.05, 4.69) is 10.6 Å². The first-order valence-corrected chi connectivity index (χ1v) is 7.39. The molecule has 0 aromatic heterocycles. The number of anilines is 2. The molecule has 0 aliphatic rings. The normalized spacial score (nSPS) is 10.9. The molecule has 0 saturated carbocycles. The number of phenolic OH excluding ortho intramolecular Hbond substituents is 1. The number of primary sulfonamides is 1. The number of carbonyl (C=O) groups excluding carboxylic acids is 1. The quantitative estimate of drug-likeness (QED) is 0.644. The molecule has 0 heterocycles. The fourth-order valence-corrected chi connectivity index (χ4v) is 2.08. The molecule has 0 radical (unpaired) electrons. The van der Waals surface area contributed by atoms with Crippen molar-refractivity contribution in [1.29, 1.82) is 0 Å². The Morgan fingerprint density at radius 2 is 1.33 bits per heavy atom. The smallest absolute Gasteiger partial charge is 0.323 e. The summed E-state index contributed by atoms with van der Waals surface area (Å²) in [7, 11) is -3.75. The number of urea groups is 1. The van der Waals surface area contributed by atoms with Crippen LogP contribution in [-0.2, 0) is 10.0 Å². The van der Waals surface area contributed by atoms with Crippen molar-refractivity contribution < 1.29 is 18.3 Å². The zero-order valence-electron chi connectivity index (χ0n) is 10.8. The minimum Gasteiger partial charge on any atom is -0.508 e. The number of nitrogens with two attached hydrogens (primary N) is 1. The summed E-state index contributed by atoms with van der Waals surface area (Å²) in [6.45, 7) is 0. The number of hydrogen-bond donors (Lipinski definition) is 4. The van der Waals surface area contributed by atoms with Crippen LogP contribution >= 0.6 is 0 Å². The maximum atomic E-state index is 11.7. The minimum absolute atomic E-state index is 0.0352. The maximum absolute atomic E-state index is 11.7. The van der Waals surface area contributed by atoms with Crippen LogP contribution in [0.2, 0.25) is 0 Å². The largest absolute Gasteiger partial charge is 0.508 e.